The van der Waals surface area contributed by atoms with Gasteiger partial charge in [-0.15, -0.1) is 11.3 Å². The molecule has 2 aromatic rings. The molecule has 0 saturated heterocycles. The molecule has 108 valence electrons. The Hall–Kier alpha value is -1.46. The van der Waals surface area contributed by atoms with Crippen LogP contribution in [-0.4, -0.2) is 18.1 Å². The summed E-state index contributed by atoms with van der Waals surface area (Å²) in [5, 5.41) is 1.08. The molecular formula is C15H19FN2OS. The molecule has 0 aliphatic carbocycles. The molecule has 2 N–H and O–H groups in total. The van der Waals surface area contributed by atoms with Crippen LogP contribution in [0.4, 0.5) is 4.39 Å². The lowest BCUT2D eigenvalue weighted by Crippen LogP contribution is -2.09. The van der Waals surface area contributed by atoms with Crippen molar-refractivity contribution in [2.24, 2.45) is 5.73 Å². The minimum atomic E-state index is -0.360. The molecule has 0 spiro atoms. The van der Waals surface area contributed by atoms with E-state index in [1.54, 1.807) is 11.3 Å². The van der Waals surface area contributed by atoms with E-state index in [1.807, 2.05) is 18.2 Å². The normalized spacial score (nSPS) is 12.9. The Morgan fingerprint density at radius 3 is 2.85 bits per heavy atom. The van der Waals surface area contributed by atoms with E-state index in [-0.39, 0.29) is 24.4 Å². The van der Waals surface area contributed by atoms with E-state index in [4.69, 9.17) is 10.5 Å². The Morgan fingerprint density at radius 2 is 2.20 bits per heavy atom. The molecule has 0 atom stereocenters. The number of thiazole rings is 1. The number of nitrogens with two attached hydrogens (primary N) is 1. The molecule has 0 aliphatic rings. The van der Waals surface area contributed by atoms with E-state index >= 15 is 0 Å². The summed E-state index contributed by atoms with van der Waals surface area (Å²) in [6.45, 7) is 6.48. The summed E-state index contributed by atoms with van der Waals surface area (Å²) in [6, 6.07) is 5.64. The molecule has 1 heterocycles. The predicted octanol–water partition coefficient (Wildman–Crippen LogP) is 3.78. The van der Waals surface area contributed by atoms with Gasteiger partial charge in [0.05, 0.1) is 15.2 Å². The molecule has 1 aromatic carbocycles. The van der Waals surface area contributed by atoms with Crippen molar-refractivity contribution in [2.45, 2.75) is 26.2 Å². The van der Waals surface area contributed by atoms with Gasteiger partial charge in [-0.25, -0.2) is 9.37 Å². The lowest BCUT2D eigenvalue weighted by Gasteiger charge is -2.13. The standard InChI is InChI=1S/C15H19FN2OS/c1-15(2,3)14-18-12-8-11(4-5-13(12)20-14)19-9-10(16)6-7-17/h4-6,8H,7,9,17H2,1-3H3/b10-6-. The summed E-state index contributed by atoms with van der Waals surface area (Å²) in [7, 11) is 0. The molecule has 0 unspecified atom stereocenters. The van der Waals surface area contributed by atoms with Crippen molar-refractivity contribution in [1.29, 1.82) is 0 Å². The maximum Gasteiger partial charge on any atom is 0.139 e. The molecule has 0 aliphatic heterocycles. The molecule has 0 fully saturated rings. The molecular weight excluding hydrogens is 275 g/mol. The van der Waals surface area contributed by atoms with Crippen LogP contribution in [0.2, 0.25) is 0 Å². The molecule has 20 heavy (non-hydrogen) atoms. The number of benzene rings is 1. The average molecular weight is 294 g/mol. The molecule has 0 amide bonds. The maximum absolute atomic E-state index is 13.2. The van der Waals surface area contributed by atoms with Crippen molar-refractivity contribution >= 4 is 21.6 Å². The lowest BCUT2D eigenvalue weighted by molar-refractivity contribution is 0.318. The van der Waals surface area contributed by atoms with Crippen molar-refractivity contribution in [3.63, 3.8) is 0 Å². The highest BCUT2D eigenvalue weighted by Gasteiger charge is 2.18. The number of hydrogen-bond donors (Lipinski definition) is 1. The second-order valence-corrected chi connectivity index (χ2v) is 6.60. The third-order valence-corrected chi connectivity index (χ3v) is 4.18. The van der Waals surface area contributed by atoms with Crippen LogP contribution >= 0.6 is 11.3 Å². The van der Waals surface area contributed by atoms with Gasteiger partial charge in [-0.3, -0.25) is 0 Å². The highest BCUT2D eigenvalue weighted by Crippen LogP contribution is 2.32. The van der Waals surface area contributed by atoms with E-state index in [9.17, 15) is 4.39 Å². The molecule has 1 aromatic heterocycles. The Bertz CT molecular complexity index is 628. The van der Waals surface area contributed by atoms with Gasteiger partial charge in [-0.05, 0) is 18.2 Å². The number of rotatable bonds is 4. The van der Waals surface area contributed by atoms with Gasteiger partial charge in [0.25, 0.3) is 0 Å². The average Bonchev–Trinajstić information content (AvgIpc) is 2.79. The zero-order chi connectivity index (χ0) is 14.8. The topological polar surface area (TPSA) is 48.1 Å². The first-order valence-corrected chi connectivity index (χ1v) is 7.30. The maximum atomic E-state index is 13.2. The van der Waals surface area contributed by atoms with Gasteiger partial charge in [0.1, 0.15) is 18.2 Å². The van der Waals surface area contributed by atoms with Gasteiger partial charge in [0.2, 0.25) is 0 Å². The molecule has 0 radical (unpaired) electrons. The second-order valence-electron chi connectivity index (χ2n) is 5.57. The van der Waals surface area contributed by atoms with E-state index in [0.29, 0.717) is 5.75 Å². The highest BCUT2D eigenvalue weighted by atomic mass is 32.1. The monoisotopic (exact) mass is 294 g/mol. The molecule has 5 heteroatoms. The molecule has 0 bridgehead atoms. The Morgan fingerprint density at radius 1 is 1.45 bits per heavy atom. The molecule has 3 nitrogen and oxygen atoms in total. The van der Waals surface area contributed by atoms with Gasteiger partial charge in [-0.1, -0.05) is 20.8 Å². The second kappa shape index (κ2) is 5.89. The summed E-state index contributed by atoms with van der Waals surface area (Å²) in [5.74, 6) is 0.255. The summed E-state index contributed by atoms with van der Waals surface area (Å²) >= 11 is 1.68. The number of aromatic nitrogens is 1. The van der Waals surface area contributed by atoms with Crippen LogP contribution in [0.1, 0.15) is 25.8 Å². The first kappa shape index (κ1) is 14.9. The number of hydrogen-bond acceptors (Lipinski definition) is 4. The van der Waals surface area contributed by atoms with E-state index in [0.717, 1.165) is 15.2 Å². The fourth-order valence-corrected chi connectivity index (χ4v) is 2.66. The third-order valence-electron chi connectivity index (χ3n) is 2.72. The predicted molar refractivity (Wildman–Crippen MR) is 82.1 cm³/mol. The smallest absolute Gasteiger partial charge is 0.139 e. The van der Waals surface area contributed by atoms with Crippen molar-refractivity contribution in [1.82, 2.24) is 4.98 Å². The fraction of sp³-hybridized carbons (Fsp3) is 0.400. The van der Waals surface area contributed by atoms with E-state index < -0.39 is 0 Å². The zero-order valence-electron chi connectivity index (χ0n) is 11.9. The van der Waals surface area contributed by atoms with Crippen molar-refractivity contribution < 1.29 is 9.13 Å². The van der Waals surface area contributed by atoms with Crippen LogP contribution in [0.25, 0.3) is 10.2 Å². The van der Waals surface area contributed by atoms with Gasteiger partial charge < -0.3 is 10.5 Å². The van der Waals surface area contributed by atoms with Crippen molar-refractivity contribution in [2.75, 3.05) is 13.2 Å². The quantitative estimate of drug-likeness (QED) is 0.933. The van der Waals surface area contributed by atoms with Gasteiger partial charge in [0.15, 0.2) is 0 Å². The number of fused-ring (bicyclic) bond motifs is 1. The lowest BCUT2D eigenvalue weighted by atomic mass is 9.98. The zero-order valence-corrected chi connectivity index (χ0v) is 12.8. The van der Waals surface area contributed by atoms with E-state index in [1.165, 1.54) is 6.08 Å². The largest absolute Gasteiger partial charge is 0.486 e. The van der Waals surface area contributed by atoms with E-state index in [2.05, 4.69) is 25.8 Å². The number of ether oxygens (including phenoxy) is 1. The number of nitrogens with zero attached hydrogens (tertiary/aromatic N) is 1. The van der Waals surface area contributed by atoms with Gasteiger partial charge in [0, 0.05) is 18.0 Å². The van der Waals surface area contributed by atoms with Crippen LogP contribution < -0.4 is 10.5 Å². The SMILES string of the molecule is CC(C)(C)c1nc2cc(OC/C(F)=C/CN)ccc2s1. The Kier molecular flexibility index (Phi) is 4.40. The summed E-state index contributed by atoms with van der Waals surface area (Å²) in [6.07, 6.45) is 1.30. The van der Waals surface area contributed by atoms with Crippen LogP contribution in [0, 0.1) is 0 Å². The summed E-state index contributed by atoms with van der Waals surface area (Å²) in [4.78, 5) is 4.62. The fourth-order valence-electron chi connectivity index (χ4n) is 1.66. The number of halogens is 1. The minimum absolute atomic E-state index is 0.0285. The van der Waals surface area contributed by atoms with Gasteiger partial charge >= 0.3 is 0 Å². The third kappa shape index (κ3) is 3.55. The Labute approximate surface area is 122 Å². The summed E-state index contributed by atoms with van der Waals surface area (Å²) in [5.41, 5.74) is 6.15. The molecule has 2 rings (SSSR count). The Balaban J connectivity index is 2.19. The first-order valence-electron chi connectivity index (χ1n) is 6.48. The van der Waals surface area contributed by atoms with Crippen LogP contribution in [-0.2, 0) is 5.41 Å². The minimum Gasteiger partial charge on any atom is -0.486 e. The summed E-state index contributed by atoms with van der Waals surface area (Å²) < 4.78 is 19.7. The van der Waals surface area contributed by atoms with Crippen molar-refractivity contribution in [3.8, 4) is 5.75 Å². The van der Waals surface area contributed by atoms with Gasteiger partial charge in [-0.2, -0.15) is 0 Å². The molecule has 0 saturated carbocycles. The van der Waals surface area contributed by atoms with Crippen molar-refractivity contribution in [3.05, 3.63) is 35.1 Å². The van der Waals surface area contributed by atoms with Crippen LogP contribution in [0.5, 0.6) is 5.75 Å². The first-order chi connectivity index (χ1) is 9.40. The van der Waals surface area contributed by atoms with Crippen LogP contribution in [0.15, 0.2) is 30.1 Å². The highest BCUT2D eigenvalue weighted by molar-refractivity contribution is 7.18. The van der Waals surface area contributed by atoms with Crippen LogP contribution in [0.3, 0.4) is 0 Å².